The molecule has 1 aliphatic heterocycles. The van der Waals surface area contributed by atoms with Gasteiger partial charge in [0, 0.05) is 19.2 Å². The Balaban J connectivity index is 3.10. The maximum atomic E-state index is 13.6. The predicted octanol–water partition coefficient (Wildman–Crippen LogP) is 3.24. The van der Waals surface area contributed by atoms with E-state index in [1.165, 1.54) is 0 Å². The number of rotatable bonds is 8. The molecular weight excluding hydrogens is 406 g/mol. The minimum atomic E-state index is -0.676. The molecule has 1 N–H and O–H groups in total. The fourth-order valence-corrected chi connectivity index (χ4v) is 4.26. The van der Waals surface area contributed by atoms with Crippen LogP contribution >= 0.6 is 0 Å². The number of carbonyl (C=O) groups excluding carboxylic acids is 3. The normalized spacial score (nSPS) is 22.3. The lowest BCUT2D eigenvalue weighted by Crippen LogP contribution is -2.60. The third-order valence-electron chi connectivity index (χ3n) is 6.26. The average molecular weight is 452 g/mol. The van der Waals surface area contributed by atoms with Crippen molar-refractivity contribution in [3.8, 4) is 0 Å². The van der Waals surface area contributed by atoms with Crippen LogP contribution in [0.3, 0.4) is 0 Å². The minimum Gasteiger partial charge on any atom is -0.463 e. The number of amides is 2. The van der Waals surface area contributed by atoms with Crippen LogP contribution in [0.2, 0.25) is 0 Å². The van der Waals surface area contributed by atoms with Gasteiger partial charge in [-0.25, -0.2) is 4.79 Å². The van der Waals surface area contributed by atoms with E-state index in [1.807, 2.05) is 41.7 Å². The van der Waals surface area contributed by atoms with Gasteiger partial charge in [0.2, 0.25) is 11.8 Å². The number of carbonyl (C=O) groups is 3. The van der Waals surface area contributed by atoms with Crippen LogP contribution in [0, 0.1) is 17.3 Å². The molecule has 0 aromatic rings. The molecule has 0 saturated carbocycles. The van der Waals surface area contributed by atoms with Gasteiger partial charge in [0.25, 0.3) is 0 Å². The number of hydrogen-bond donors (Lipinski definition) is 1. The summed E-state index contributed by atoms with van der Waals surface area (Å²) in [5.41, 5.74) is 0.00247. The lowest BCUT2D eigenvalue weighted by Gasteiger charge is -2.40. The third kappa shape index (κ3) is 7.61. The van der Waals surface area contributed by atoms with Crippen molar-refractivity contribution in [3.63, 3.8) is 0 Å². The van der Waals surface area contributed by atoms with Gasteiger partial charge < -0.3 is 15.0 Å². The molecule has 0 bridgehead atoms. The molecular formula is C25H45N3O4. The van der Waals surface area contributed by atoms with Crippen molar-refractivity contribution < 1.29 is 19.1 Å². The number of nitrogens with zero attached hydrogens (tertiary/aromatic N) is 2. The maximum Gasteiger partial charge on any atom is 0.333 e. The highest BCUT2D eigenvalue weighted by Gasteiger charge is 2.39. The number of ether oxygens (including phenoxy) is 1. The van der Waals surface area contributed by atoms with E-state index < -0.39 is 11.5 Å². The second-order valence-electron chi connectivity index (χ2n) is 10.7. The summed E-state index contributed by atoms with van der Waals surface area (Å²) in [6, 6.07) is -1.20. The summed E-state index contributed by atoms with van der Waals surface area (Å²) >= 11 is 0. The average Bonchev–Trinajstić information content (AvgIpc) is 2.67. The molecule has 32 heavy (non-hydrogen) atoms. The van der Waals surface area contributed by atoms with Gasteiger partial charge in [0.15, 0.2) is 0 Å². The lowest BCUT2D eigenvalue weighted by molar-refractivity contribution is -0.142. The summed E-state index contributed by atoms with van der Waals surface area (Å²) in [6.07, 6.45) is 3.59. The van der Waals surface area contributed by atoms with E-state index in [4.69, 9.17) is 4.74 Å². The first-order valence-electron chi connectivity index (χ1n) is 11.8. The van der Waals surface area contributed by atoms with Crippen LogP contribution in [0.4, 0.5) is 0 Å². The molecule has 2 amide bonds. The van der Waals surface area contributed by atoms with Gasteiger partial charge in [-0.2, -0.15) is 0 Å². The van der Waals surface area contributed by atoms with Crippen molar-refractivity contribution in [1.82, 2.24) is 15.1 Å². The number of hydrogen-bond acceptors (Lipinski definition) is 5. The summed E-state index contributed by atoms with van der Waals surface area (Å²) in [5.74, 6) is 0.00556. The first-order chi connectivity index (χ1) is 14.7. The quantitative estimate of drug-likeness (QED) is 0.453. The fraction of sp³-hybridized carbons (Fsp3) is 0.800. The van der Waals surface area contributed by atoms with Gasteiger partial charge in [-0.05, 0) is 51.0 Å². The molecule has 0 radical (unpaired) electrons. The van der Waals surface area contributed by atoms with Crippen LogP contribution in [0.5, 0.6) is 0 Å². The molecule has 4 atom stereocenters. The van der Waals surface area contributed by atoms with Crippen molar-refractivity contribution in [2.75, 3.05) is 27.2 Å². The van der Waals surface area contributed by atoms with E-state index in [1.54, 1.807) is 31.9 Å². The van der Waals surface area contributed by atoms with E-state index >= 15 is 0 Å². The Bertz CT molecular complexity index is 696. The molecule has 7 nitrogen and oxygen atoms in total. The monoisotopic (exact) mass is 451 g/mol. The van der Waals surface area contributed by atoms with Crippen LogP contribution in [0.25, 0.3) is 0 Å². The summed E-state index contributed by atoms with van der Waals surface area (Å²) < 4.78 is 5.09. The lowest BCUT2D eigenvalue weighted by atomic mass is 9.84. The number of esters is 1. The molecule has 1 saturated heterocycles. The van der Waals surface area contributed by atoms with Gasteiger partial charge in [0.1, 0.15) is 6.04 Å². The van der Waals surface area contributed by atoms with Gasteiger partial charge >= 0.3 is 5.97 Å². The highest BCUT2D eigenvalue weighted by molar-refractivity contribution is 5.91. The Labute approximate surface area is 194 Å². The number of piperidine rings is 1. The minimum absolute atomic E-state index is 0.0793. The summed E-state index contributed by atoms with van der Waals surface area (Å²) in [7, 11) is 3.71. The Morgan fingerprint density at radius 1 is 1.22 bits per heavy atom. The highest BCUT2D eigenvalue weighted by Crippen LogP contribution is 2.25. The number of nitrogens with one attached hydrogen (secondary N) is 1. The standard InChI is InChI=1S/C25H45N3O4/c1-11-32-24(31)18(5)14-20(16(2)3)28(10)23(30)21(25(6,7)8)26-22(29)19-13-12-17(4)15-27(19)9/h14,16-17,19-21H,11-13,15H2,1-10H3,(H,26,29)/b18-14+/t17?,19-,20?,21?/m0/s1. The highest BCUT2D eigenvalue weighted by atomic mass is 16.5. The topological polar surface area (TPSA) is 79.0 Å². The second kappa shape index (κ2) is 11.8. The van der Waals surface area contributed by atoms with Crippen LogP contribution in [0.15, 0.2) is 11.6 Å². The first-order valence-corrected chi connectivity index (χ1v) is 11.8. The van der Waals surface area contributed by atoms with Crippen molar-refractivity contribution in [1.29, 1.82) is 0 Å². The molecule has 7 heteroatoms. The van der Waals surface area contributed by atoms with Gasteiger partial charge in [-0.3, -0.25) is 14.5 Å². The van der Waals surface area contributed by atoms with Crippen molar-refractivity contribution >= 4 is 17.8 Å². The van der Waals surface area contributed by atoms with Gasteiger partial charge in [0.05, 0.1) is 18.7 Å². The van der Waals surface area contributed by atoms with Crippen LogP contribution in [-0.4, -0.2) is 73.0 Å². The van der Waals surface area contributed by atoms with E-state index in [-0.39, 0.29) is 35.8 Å². The van der Waals surface area contributed by atoms with Crippen LogP contribution < -0.4 is 5.32 Å². The Morgan fingerprint density at radius 3 is 2.28 bits per heavy atom. The zero-order valence-corrected chi connectivity index (χ0v) is 21.8. The molecule has 1 rings (SSSR count). The van der Waals surface area contributed by atoms with Crippen LogP contribution in [0.1, 0.15) is 68.2 Å². The predicted molar refractivity (Wildman–Crippen MR) is 128 cm³/mol. The summed E-state index contributed by atoms with van der Waals surface area (Å²) in [5, 5.41) is 3.06. The zero-order valence-electron chi connectivity index (χ0n) is 21.8. The second-order valence-corrected chi connectivity index (χ2v) is 10.7. The maximum absolute atomic E-state index is 13.6. The molecule has 3 unspecified atom stereocenters. The molecule has 1 fully saturated rings. The van der Waals surface area contributed by atoms with E-state index in [2.05, 4.69) is 17.1 Å². The van der Waals surface area contributed by atoms with Crippen molar-refractivity contribution in [2.45, 2.75) is 86.4 Å². The van der Waals surface area contributed by atoms with Gasteiger partial charge in [-0.15, -0.1) is 0 Å². The van der Waals surface area contributed by atoms with E-state index in [0.717, 1.165) is 19.4 Å². The summed E-state index contributed by atoms with van der Waals surface area (Å²) in [4.78, 5) is 42.6. The molecule has 0 aliphatic carbocycles. The third-order valence-corrected chi connectivity index (χ3v) is 6.26. The van der Waals surface area contributed by atoms with Crippen LogP contribution in [-0.2, 0) is 19.1 Å². The van der Waals surface area contributed by atoms with E-state index in [0.29, 0.717) is 18.1 Å². The SMILES string of the molecule is CCOC(=O)/C(C)=C/C(C(C)C)N(C)C(=O)C(NC(=O)[C@@H]1CCC(C)CN1C)C(C)(C)C. The van der Waals surface area contributed by atoms with E-state index in [9.17, 15) is 14.4 Å². The molecule has 1 heterocycles. The van der Waals surface area contributed by atoms with Crippen molar-refractivity contribution in [3.05, 3.63) is 11.6 Å². The molecule has 1 aliphatic rings. The molecule has 184 valence electrons. The smallest absolute Gasteiger partial charge is 0.333 e. The largest absolute Gasteiger partial charge is 0.463 e. The Hall–Kier alpha value is -1.89. The molecule has 0 spiro atoms. The number of likely N-dealkylation sites (N-methyl/N-ethyl adjacent to an activating group) is 2. The fourth-order valence-electron chi connectivity index (χ4n) is 4.26. The van der Waals surface area contributed by atoms with Gasteiger partial charge in [-0.1, -0.05) is 47.6 Å². The van der Waals surface area contributed by atoms with Crippen molar-refractivity contribution in [2.24, 2.45) is 17.3 Å². The molecule has 0 aromatic carbocycles. The Kier molecular flexibility index (Phi) is 10.4. The summed E-state index contributed by atoms with van der Waals surface area (Å²) in [6.45, 7) is 16.7. The first kappa shape index (κ1) is 28.1. The zero-order chi connectivity index (χ0) is 24.8. The Morgan fingerprint density at radius 2 is 1.81 bits per heavy atom. The number of likely N-dealkylation sites (tertiary alicyclic amines) is 1. The molecule has 0 aromatic heterocycles.